The van der Waals surface area contributed by atoms with E-state index in [2.05, 4.69) is 20.5 Å². The largest absolute Gasteiger partial charge is 0.324 e. The van der Waals surface area contributed by atoms with Gasteiger partial charge in [0.15, 0.2) is 0 Å². The van der Waals surface area contributed by atoms with Gasteiger partial charge in [0.25, 0.3) is 0 Å². The van der Waals surface area contributed by atoms with Crippen LogP contribution in [0, 0.1) is 0 Å². The van der Waals surface area contributed by atoms with Gasteiger partial charge in [-0.05, 0) is 12.8 Å². The summed E-state index contributed by atoms with van der Waals surface area (Å²) in [6.45, 7) is 0.737. The van der Waals surface area contributed by atoms with Crippen LogP contribution in [0.2, 0.25) is 0 Å². The first-order chi connectivity index (χ1) is 11.8. The molecule has 0 unspecified atom stereocenters. The minimum Gasteiger partial charge on any atom is -0.315 e. The molecule has 122 valence electrons. The summed E-state index contributed by atoms with van der Waals surface area (Å²) in [6.07, 6.45) is 3.72. The zero-order valence-corrected chi connectivity index (χ0v) is 14.4. The Morgan fingerprint density at radius 1 is 1.25 bits per heavy atom. The van der Waals surface area contributed by atoms with Crippen LogP contribution in [0.1, 0.15) is 23.9 Å². The van der Waals surface area contributed by atoms with Gasteiger partial charge < -0.3 is 4.90 Å². The van der Waals surface area contributed by atoms with Gasteiger partial charge >= 0.3 is 6.03 Å². The van der Waals surface area contributed by atoms with Crippen molar-refractivity contribution in [3.05, 3.63) is 46.9 Å². The number of nitrogens with zero attached hydrogens (tertiary/aromatic N) is 4. The molecule has 24 heavy (non-hydrogen) atoms. The van der Waals surface area contributed by atoms with Crippen LogP contribution in [-0.4, -0.2) is 32.7 Å². The Bertz CT molecular complexity index is 818. The van der Waals surface area contributed by atoms with Crippen molar-refractivity contribution >= 4 is 33.8 Å². The van der Waals surface area contributed by atoms with Crippen LogP contribution in [0.4, 0.5) is 9.93 Å². The smallest absolute Gasteiger partial charge is 0.315 e. The van der Waals surface area contributed by atoms with Gasteiger partial charge in [-0.3, -0.25) is 5.32 Å². The lowest BCUT2D eigenvalue weighted by atomic mass is 10.2. The summed E-state index contributed by atoms with van der Waals surface area (Å²) in [6, 6.07) is 9.75. The minimum atomic E-state index is -0.136. The second-order valence-corrected chi connectivity index (χ2v) is 7.33. The van der Waals surface area contributed by atoms with Gasteiger partial charge in [-0.1, -0.05) is 41.7 Å². The maximum atomic E-state index is 12.6. The number of aromatic nitrogens is 3. The molecular formula is C16H15N5OS2. The quantitative estimate of drug-likeness (QED) is 0.768. The van der Waals surface area contributed by atoms with Gasteiger partial charge in [-0.15, -0.1) is 21.5 Å². The predicted octanol–water partition coefficient (Wildman–Crippen LogP) is 4.03. The molecule has 0 aliphatic carbocycles. The molecule has 0 saturated carbocycles. The van der Waals surface area contributed by atoms with Crippen LogP contribution in [0.3, 0.4) is 0 Å². The van der Waals surface area contributed by atoms with Crippen LogP contribution < -0.4 is 5.32 Å². The monoisotopic (exact) mass is 357 g/mol. The summed E-state index contributed by atoms with van der Waals surface area (Å²) in [5.74, 6) is 0. The van der Waals surface area contributed by atoms with Gasteiger partial charge in [0.1, 0.15) is 10.0 Å². The molecule has 1 saturated heterocycles. The molecule has 1 atom stereocenters. The Labute approximate surface area is 147 Å². The lowest BCUT2D eigenvalue weighted by molar-refractivity contribution is 0.207. The van der Waals surface area contributed by atoms with Gasteiger partial charge in [-0.25, -0.2) is 9.78 Å². The van der Waals surface area contributed by atoms with Crippen molar-refractivity contribution in [1.82, 2.24) is 20.1 Å². The Morgan fingerprint density at radius 3 is 2.92 bits per heavy atom. The predicted molar refractivity (Wildman–Crippen MR) is 95.2 cm³/mol. The number of hydrogen-bond acceptors (Lipinski definition) is 6. The van der Waals surface area contributed by atoms with Crippen molar-refractivity contribution in [2.45, 2.75) is 18.9 Å². The second-order valence-electron chi connectivity index (χ2n) is 5.43. The molecule has 0 radical (unpaired) electrons. The third-order valence-corrected chi connectivity index (χ3v) is 5.67. The number of urea groups is 1. The maximum Gasteiger partial charge on any atom is 0.324 e. The Kier molecular flexibility index (Phi) is 4.22. The summed E-state index contributed by atoms with van der Waals surface area (Å²) in [7, 11) is 0. The molecule has 1 fully saturated rings. The number of amides is 2. The van der Waals surface area contributed by atoms with Crippen LogP contribution in [0.25, 0.3) is 10.6 Å². The van der Waals surface area contributed by atoms with E-state index in [1.54, 1.807) is 17.5 Å². The van der Waals surface area contributed by atoms with E-state index in [1.807, 2.05) is 40.6 Å². The van der Waals surface area contributed by atoms with E-state index in [-0.39, 0.29) is 12.1 Å². The molecule has 0 bridgehead atoms. The zero-order valence-electron chi connectivity index (χ0n) is 12.8. The number of thiazole rings is 1. The number of anilines is 1. The first kappa shape index (κ1) is 15.2. The average Bonchev–Trinajstić information content (AvgIpc) is 3.36. The first-order valence-corrected chi connectivity index (χ1v) is 9.37. The lowest BCUT2D eigenvalue weighted by Crippen LogP contribution is -2.34. The number of nitrogens with one attached hydrogen (secondary N) is 1. The van der Waals surface area contributed by atoms with Crippen molar-refractivity contribution in [1.29, 1.82) is 0 Å². The fraction of sp³-hybridized carbons (Fsp3) is 0.250. The highest BCUT2D eigenvalue weighted by atomic mass is 32.1. The molecule has 0 spiro atoms. The van der Waals surface area contributed by atoms with Crippen molar-refractivity contribution < 1.29 is 4.79 Å². The van der Waals surface area contributed by atoms with Crippen molar-refractivity contribution in [3.63, 3.8) is 0 Å². The summed E-state index contributed by atoms with van der Waals surface area (Å²) < 4.78 is 0. The minimum absolute atomic E-state index is 0.0616. The molecule has 6 nitrogen and oxygen atoms in total. The molecular weight excluding hydrogens is 342 g/mol. The average molecular weight is 357 g/mol. The number of benzene rings is 1. The molecule has 2 aromatic heterocycles. The van der Waals surface area contributed by atoms with Crippen LogP contribution in [-0.2, 0) is 0 Å². The standard InChI is InChI=1S/C16H15N5OS2/c22-16(21-9-4-7-12(21)14-17-8-10-23-14)18-15-20-19-13(24-15)11-5-2-1-3-6-11/h1-3,5-6,8,10,12H,4,7,9H2,(H,18,20,22)/t12-/m0/s1. The Morgan fingerprint density at radius 2 is 2.12 bits per heavy atom. The molecule has 2 amide bonds. The normalized spacial score (nSPS) is 17.2. The van der Waals surface area contributed by atoms with Crippen molar-refractivity contribution in [2.24, 2.45) is 0 Å². The van der Waals surface area contributed by atoms with E-state index in [1.165, 1.54) is 11.3 Å². The Balaban J connectivity index is 1.47. The van der Waals surface area contributed by atoms with Gasteiger partial charge in [0.05, 0.1) is 6.04 Å². The third-order valence-electron chi connectivity index (χ3n) is 3.91. The summed E-state index contributed by atoms with van der Waals surface area (Å²) >= 11 is 2.97. The number of carbonyl (C=O) groups is 1. The second kappa shape index (κ2) is 6.66. The van der Waals surface area contributed by atoms with Gasteiger partial charge in [0.2, 0.25) is 5.13 Å². The maximum absolute atomic E-state index is 12.6. The van der Waals surface area contributed by atoms with Gasteiger partial charge in [-0.2, -0.15) is 0 Å². The highest BCUT2D eigenvalue weighted by molar-refractivity contribution is 7.18. The van der Waals surface area contributed by atoms with E-state index in [4.69, 9.17) is 0 Å². The van der Waals surface area contributed by atoms with Gasteiger partial charge in [0, 0.05) is 23.7 Å². The van der Waals surface area contributed by atoms with Crippen LogP contribution in [0.5, 0.6) is 0 Å². The molecule has 1 aliphatic heterocycles. The van der Waals surface area contributed by atoms with E-state index < -0.39 is 0 Å². The van der Waals surface area contributed by atoms with E-state index in [0.717, 1.165) is 35.0 Å². The molecule has 4 rings (SSSR count). The lowest BCUT2D eigenvalue weighted by Gasteiger charge is -2.22. The summed E-state index contributed by atoms with van der Waals surface area (Å²) in [5, 5.41) is 15.4. The molecule has 3 aromatic rings. The van der Waals surface area contributed by atoms with Crippen molar-refractivity contribution in [2.75, 3.05) is 11.9 Å². The van der Waals surface area contributed by atoms with Crippen LogP contribution in [0.15, 0.2) is 41.9 Å². The molecule has 8 heteroatoms. The number of carbonyl (C=O) groups excluding carboxylic acids is 1. The molecule has 3 heterocycles. The van der Waals surface area contributed by atoms with Crippen molar-refractivity contribution in [3.8, 4) is 10.6 Å². The number of hydrogen-bond donors (Lipinski definition) is 1. The summed E-state index contributed by atoms with van der Waals surface area (Å²) in [5.41, 5.74) is 0.998. The van der Waals surface area contributed by atoms with E-state index >= 15 is 0 Å². The third kappa shape index (κ3) is 3.02. The van der Waals surface area contributed by atoms with E-state index in [9.17, 15) is 4.79 Å². The molecule has 1 aliphatic rings. The number of rotatable bonds is 3. The van der Waals surface area contributed by atoms with E-state index in [0.29, 0.717) is 5.13 Å². The fourth-order valence-electron chi connectivity index (χ4n) is 2.80. The van der Waals surface area contributed by atoms with Crippen LogP contribution >= 0.6 is 22.7 Å². The topological polar surface area (TPSA) is 71.0 Å². The SMILES string of the molecule is O=C(Nc1nnc(-c2ccccc2)s1)N1CCC[C@H]1c1nccs1. The highest BCUT2D eigenvalue weighted by Gasteiger charge is 2.32. The highest BCUT2D eigenvalue weighted by Crippen LogP contribution is 2.34. The number of likely N-dealkylation sites (tertiary alicyclic amines) is 1. The summed E-state index contributed by atoms with van der Waals surface area (Å²) in [4.78, 5) is 18.8. The molecule has 1 N–H and O–H groups in total. The fourth-order valence-corrected chi connectivity index (χ4v) is 4.32. The zero-order chi connectivity index (χ0) is 16.4. The molecule has 1 aromatic carbocycles. The first-order valence-electron chi connectivity index (χ1n) is 7.67. The Hall–Kier alpha value is -2.32.